The van der Waals surface area contributed by atoms with E-state index in [4.69, 9.17) is 0 Å². The van der Waals surface area contributed by atoms with Crippen LogP contribution < -0.4 is 5.32 Å². The summed E-state index contributed by atoms with van der Waals surface area (Å²) in [5.41, 5.74) is -0.797. The van der Waals surface area contributed by atoms with Gasteiger partial charge in [-0.25, -0.2) is 8.42 Å². The molecule has 0 aromatic carbocycles. The standard InChI is InChI=1S/C6H13NO.C6H15OP.4C6H12O.C5H12O2S/c1-6(2,3)5(8)7-4;1-6(2,3)8(4,5)7;4*1-5(7)6(2,3)4;1-5(2,3)8(4,6)7/h1-4H3,(H,7,8);1-5H3;4*1-4H3;1-4H3. The fourth-order valence-electron chi connectivity index (χ4n) is 0.375. The fraction of sp³-hybridized carbons (Fsp3) is 0.878. The van der Waals surface area contributed by atoms with E-state index in [0.717, 1.165) is 0 Å². The third kappa shape index (κ3) is 46.4. The number of amides is 1. The molecule has 0 aliphatic rings. The number of hydrogen-bond acceptors (Lipinski definition) is 8. The number of nitrogens with one attached hydrogen (secondary N) is 1. The van der Waals surface area contributed by atoms with E-state index in [2.05, 4.69) is 5.32 Å². The molecule has 0 aromatic rings. The maximum Gasteiger partial charge on any atom is 0.225 e. The second kappa shape index (κ2) is 24.7. The van der Waals surface area contributed by atoms with Crippen molar-refractivity contribution in [3.05, 3.63) is 0 Å². The van der Waals surface area contributed by atoms with Gasteiger partial charge in [-0.05, 0) is 61.8 Å². The van der Waals surface area contributed by atoms with Crippen LogP contribution in [-0.2, 0) is 38.4 Å². The minimum atomic E-state index is -2.84. The number of sulfone groups is 1. The zero-order valence-corrected chi connectivity index (χ0v) is 41.3. The van der Waals surface area contributed by atoms with Crippen LogP contribution in [0.15, 0.2) is 0 Å². The summed E-state index contributed by atoms with van der Waals surface area (Å²) in [4.78, 5) is 52.6. The molecule has 0 unspecified atom stereocenters. The maximum absolute atomic E-state index is 11.2. The molecule has 0 radical (unpaired) electrons. The third-order valence-electron chi connectivity index (χ3n) is 7.86. The van der Waals surface area contributed by atoms with E-state index in [-0.39, 0.29) is 61.3 Å². The van der Waals surface area contributed by atoms with Crippen LogP contribution in [-0.4, -0.2) is 74.0 Å². The van der Waals surface area contributed by atoms with Crippen LogP contribution in [0.1, 0.15) is 173 Å². The molecule has 0 heterocycles. The summed E-state index contributed by atoms with van der Waals surface area (Å²) in [7, 11) is -3.04. The molecule has 0 saturated heterocycles. The van der Waals surface area contributed by atoms with E-state index in [9.17, 15) is 37.0 Å². The lowest BCUT2D eigenvalue weighted by molar-refractivity contribution is -0.128. The van der Waals surface area contributed by atoms with Gasteiger partial charge in [-0.2, -0.15) is 0 Å². The van der Waals surface area contributed by atoms with Gasteiger partial charge < -0.3 is 9.88 Å². The van der Waals surface area contributed by atoms with Crippen molar-refractivity contribution in [2.75, 3.05) is 26.6 Å². The van der Waals surface area contributed by atoms with Crippen molar-refractivity contribution in [2.45, 2.75) is 183 Å². The molecular formula is C41H88NO8PS. The molecule has 1 N–H and O–H groups in total. The predicted octanol–water partition coefficient (Wildman–Crippen LogP) is 10.5. The number of hydrogen-bond donors (Lipinski definition) is 1. The van der Waals surface area contributed by atoms with Gasteiger partial charge in [-0.15, -0.1) is 0 Å². The Morgan fingerprint density at radius 3 is 0.558 bits per heavy atom. The summed E-state index contributed by atoms with van der Waals surface area (Å²) in [6.45, 7) is 49.8. The molecule has 0 rings (SSSR count). The van der Waals surface area contributed by atoms with Gasteiger partial charge >= 0.3 is 0 Å². The van der Waals surface area contributed by atoms with Crippen molar-refractivity contribution in [3.8, 4) is 0 Å². The van der Waals surface area contributed by atoms with E-state index in [1.807, 2.05) is 138 Å². The lowest BCUT2D eigenvalue weighted by Gasteiger charge is -2.23. The highest BCUT2D eigenvalue weighted by Crippen LogP contribution is 2.50. The molecular weight excluding hydrogens is 697 g/mol. The highest BCUT2D eigenvalue weighted by Gasteiger charge is 2.25. The van der Waals surface area contributed by atoms with Crippen LogP contribution in [0.25, 0.3) is 0 Å². The van der Waals surface area contributed by atoms with Gasteiger partial charge in [-0.1, -0.05) is 125 Å². The normalized spacial score (nSPS) is 12.2. The minimum Gasteiger partial charge on any atom is -0.359 e. The Balaban J connectivity index is -0.0000000910. The first kappa shape index (κ1) is 65.2. The second-order valence-electron chi connectivity index (χ2n) is 20.5. The first-order valence-electron chi connectivity index (χ1n) is 17.8. The molecule has 0 bridgehead atoms. The van der Waals surface area contributed by atoms with Crippen LogP contribution in [0, 0.1) is 27.1 Å². The first-order valence-corrected chi connectivity index (χ1v) is 22.3. The molecule has 0 atom stereocenters. The molecule has 9 nitrogen and oxygen atoms in total. The van der Waals surface area contributed by atoms with Gasteiger partial charge in [0.05, 0.1) is 11.9 Å². The van der Waals surface area contributed by atoms with E-state index in [1.54, 1.807) is 55.5 Å². The minimum absolute atomic E-state index is 0.00694. The smallest absolute Gasteiger partial charge is 0.225 e. The molecule has 52 heavy (non-hydrogen) atoms. The Morgan fingerprint density at radius 1 is 0.442 bits per heavy atom. The Hall–Kier alpha value is -1.67. The molecule has 0 spiro atoms. The van der Waals surface area contributed by atoms with Crippen molar-refractivity contribution in [1.29, 1.82) is 0 Å². The second-order valence-corrected chi connectivity index (χ2v) is 27.3. The van der Waals surface area contributed by atoms with Crippen molar-refractivity contribution in [3.63, 3.8) is 0 Å². The summed E-state index contributed by atoms with van der Waals surface area (Å²) in [6, 6.07) is 0. The van der Waals surface area contributed by atoms with Crippen LogP contribution in [0.4, 0.5) is 0 Å². The van der Waals surface area contributed by atoms with Crippen LogP contribution >= 0.6 is 7.14 Å². The Labute approximate surface area is 324 Å². The number of carbonyl (C=O) groups excluding carboxylic acids is 5. The zero-order chi connectivity index (χ0) is 45.1. The Morgan fingerprint density at radius 2 is 0.558 bits per heavy atom. The molecule has 0 saturated carbocycles. The van der Waals surface area contributed by atoms with Crippen LogP contribution in [0.5, 0.6) is 0 Å². The summed E-state index contributed by atoms with van der Waals surface area (Å²) in [5.74, 6) is 1.05. The van der Waals surface area contributed by atoms with Gasteiger partial charge in [0.15, 0.2) is 9.84 Å². The fourth-order valence-corrected chi connectivity index (χ4v) is 0.375. The van der Waals surface area contributed by atoms with E-state index in [0.29, 0.717) is 0 Å². The summed E-state index contributed by atoms with van der Waals surface area (Å²) >= 11 is 0. The van der Waals surface area contributed by atoms with Crippen molar-refractivity contribution >= 4 is 46.0 Å². The monoisotopic (exact) mass is 786 g/mol. The highest BCUT2D eigenvalue weighted by molar-refractivity contribution is 7.92. The molecule has 0 aromatic heterocycles. The van der Waals surface area contributed by atoms with Gasteiger partial charge in [0.25, 0.3) is 0 Å². The molecule has 316 valence electrons. The van der Waals surface area contributed by atoms with Gasteiger partial charge in [0.1, 0.15) is 23.1 Å². The first-order chi connectivity index (χ1) is 21.8. The zero-order valence-electron chi connectivity index (χ0n) is 39.6. The topological polar surface area (TPSA) is 149 Å². The van der Waals surface area contributed by atoms with E-state index < -0.39 is 21.7 Å². The summed E-state index contributed by atoms with van der Waals surface area (Å²) < 4.78 is 32.0. The number of rotatable bonds is 0. The van der Waals surface area contributed by atoms with Crippen molar-refractivity contribution < 1.29 is 37.0 Å². The third-order valence-corrected chi connectivity index (χ3v) is 13.3. The van der Waals surface area contributed by atoms with E-state index >= 15 is 0 Å². The predicted molar refractivity (Wildman–Crippen MR) is 228 cm³/mol. The molecule has 0 fully saturated rings. The average molecular weight is 786 g/mol. The molecule has 11 heteroatoms. The number of ketones is 4. The van der Waals surface area contributed by atoms with Crippen LogP contribution in [0.2, 0.25) is 0 Å². The lowest BCUT2D eigenvalue weighted by atomic mass is 9.92. The summed E-state index contributed by atoms with van der Waals surface area (Å²) in [6.07, 6.45) is 1.24. The maximum atomic E-state index is 11.2. The summed E-state index contributed by atoms with van der Waals surface area (Å²) in [5, 5.41) is 2.56. The van der Waals surface area contributed by atoms with Gasteiger partial charge in [0.2, 0.25) is 5.91 Å². The quantitative estimate of drug-likeness (QED) is 0.239. The van der Waals surface area contributed by atoms with Gasteiger partial charge in [0, 0.05) is 45.5 Å². The largest absolute Gasteiger partial charge is 0.359 e. The number of carbonyl (C=O) groups is 5. The van der Waals surface area contributed by atoms with Crippen molar-refractivity contribution in [1.82, 2.24) is 5.32 Å². The lowest BCUT2D eigenvalue weighted by Crippen LogP contribution is -2.31. The highest BCUT2D eigenvalue weighted by atomic mass is 32.2. The Kier molecular flexibility index (Phi) is 31.0. The molecule has 0 aliphatic heterocycles. The van der Waals surface area contributed by atoms with E-state index in [1.165, 1.54) is 6.26 Å². The Bertz CT molecular complexity index is 1130. The molecule has 1 amide bonds. The molecule has 0 aliphatic carbocycles. The van der Waals surface area contributed by atoms with Crippen LogP contribution in [0.3, 0.4) is 0 Å². The van der Waals surface area contributed by atoms with Crippen molar-refractivity contribution in [2.24, 2.45) is 27.1 Å². The average Bonchev–Trinajstić information content (AvgIpc) is 2.80. The SMILES string of the molecule is CC(=O)C(C)(C)C.CC(=O)C(C)(C)C.CC(=O)C(C)(C)C.CC(=O)C(C)(C)C.CC(C)(C)P(C)(C)=O.CC(C)(C)S(C)(=O)=O.CNC(=O)C(C)(C)C. The van der Waals surface area contributed by atoms with Gasteiger partial charge in [-0.3, -0.25) is 24.0 Å². The number of Topliss-reactive ketones (excluding diaryl/α,β-unsaturated/α-hetero) is 4.